The molecule has 0 saturated carbocycles. The van der Waals surface area contributed by atoms with E-state index in [1.54, 1.807) is 0 Å². The first-order chi connectivity index (χ1) is 16.1. The fraction of sp³-hybridized carbons (Fsp3) is 0.538. The van der Waals surface area contributed by atoms with E-state index < -0.39 is 11.3 Å². The van der Waals surface area contributed by atoms with Gasteiger partial charge in [0.1, 0.15) is 12.4 Å². The average molecular weight is 472 g/mol. The van der Waals surface area contributed by atoms with Gasteiger partial charge in [-0.2, -0.15) is 0 Å². The van der Waals surface area contributed by atoms with Crippen molar-refractivity contribution in [2.75, 3.05) is 44.2 Å². The highest BCUT2D eigenvalue weighted by atomic mass is 32.2. The van der Waals surface area contributed by atoms with Gasteiger partial charge in [-0.1, -0.05) is 44.2 Å². The molecule has 33 heavy (non-hydrogen) atoms. The van der Waals surface area contributed by atoms with Crippen molar-refractivity contribution in [2.24, 2.45) is 5.92 Å². The summed E-state index contributed by atoms with van der Waals surface area (Å²) in [6, 6.07) is 17.9. The fourth-order valence-electron chi connectivity index (χ4n) is 5.33. The van der Waals surface area contributed by atoms with Crippen molar-refractivity contribution >= 4 is 17.0 Å². The van der Waals surface area contributed by atoms with Crippen molar-refractivity contribution in [3.8, 4) is 5.75 Å². The van der Waals surface area contributed by atoms with Gasteiger partial charge in [-0.15, -0.1) is 0 Å². The van der Waals surface area contributed by atoms with E-state index in [0.29, 0.717) is 24.4 Å². The molecule has 3 unspecified atom stereocenters. The van der Waals surface area contributed by atoms with Crippen LogP contribution >= 0.6 is 0 Å². The standard InChI is InChI=1S/C26H37N3O3S/c1-3-28(4-2)25-19-32-26-13-12-22(29-17-21(18-29)11-8-14-27-33(30)31)16-24(26)23(25)15-20-9-6-5-7-10-20/h5-7,9-10,12-13,16,21,23,25,27H,3-4,8,11,14-15,17-19H2,1-2H3,(H,30,31). The highest BCUT2D eigenvalue weighted by molar-refractivity contribution is 7.77. The number of likely N-dealkylation sites (N-methyl/N-ethyl adjacent to an activating group) is 1. The summed E-state index contributed by atoms with van der Waals surface area (Å²) in [4.78, 5) is 4.99. The quantitative estimate of drug-likeness (QED) is 0.382. The van der Waals surface area contributed by atoms with E-state index in [1.807, 2.05) is 0 Å². The number of fused-ring (bicyclic) bond motifs is 1. The molecule has 4 rings (SSSR count). The Hall–Kier alpha value is -1.93. The predicted molar refractivity (Wildman–Crippen MR) is 135 cm³/mol. The molecule has 2 aliphatic heterocycles. The average Bonchev–Trinajstić information content (AvgIpc) is 2.80. The zero-order valence-electron chi connectivity index (χ0n) is 19.8. The second-order valence-corrected chi connectivity index (χ2v) is 9.96. The van der Waals surface area contributed by atoms with Gasteiger partial charge in [0.2, 0.25) is 11.3 Å². The van der Waals surface area contributed by atoms with Crippen molar-refractivity contribution in [1.82, 2.24) is 9.62 Å². The molecule has 6 nitrogen and oxygen atoms in total. The van der Waals surface area contributed by atoms with E-state index in [4.69, 9.17) is 9.29 Å². The van der Waals surface area contributed by atoms with Crippen molar-refractivity contribution in [3.63, 3.8) is 0 Å². The number of benzene rings is 2. The number of nitrogens with zero attached hydrogens (tertiary/aromatic N) is 2. The van der Waals surface area contributed by atoms with Gasteiger partial charge in [-0.25, -0.2) is 8.93 Å². The molecule has 0 radical (unpaired) electrons. The molecule has 2 aliphatic rings. The molecule has 2 aromatic carbocycles. The molecule has 1 fully saturated rings. The van der Waals surface area contributed by atoms with Crippen LogP contribution in [-0.2, 0) is 17.7 Å². The predicted octanol–water partition coefficient (Wildman–Crippen LogP) is 4.06. The van der Waals surface area contributed by atoms with Crippen LogP contribution in [0.15, 0.2) is 48.5 Å². The second kappa shape index (κ2) is 11.5. The molecule has 3 atom stereocenters. The van der Waals surface area contributed by atoms with Gasteiger partial charge in [-0.05, 0) is 62.0 Å². The van der Waals surface area contributed by atoms with E-state index in [9.17, 15) is 4.21 Å². The van der Waals surface area contributed by atoms with Gasteiger partial charge in [0.15, 0.2) is 0 Å². The maximum absolute atomic E-state index is 10.7. The van der Waals surface area contributed by atoms with Crippen LogP contribution in [0.5, 0.6) is 5.75 Å². The minimum atomic E-state index is -1.90. The summed E-state index contributed by atoms with van der Waals surface area (Å²) in [5.41, 5.74) is 3.98. The van der Waals surface area contributed by atoms with Crippen LogP contribution in [0.3, 0.4) is 0 Å². The lowest BCUT2D eigenvalue weighted by Crippen LogP contribution is -2.48. The molecule has 7 heteroatoms. The lowest BCUT2D eigenvalue weighted by Gasteiger charge is -2.43. The Bertz CT molecular complexity index is 916. The lowest BCUT2D eigenvalue weighted by molar-refractivity contribution is 0.105. The SMILES string of the molecule is CCN(CC)C1COc2ccc(N3CC(CCCNS(=O)O)C3)cc2C1Cc1ccccc1. The smallest absolute Gasteiger partial charge is 0.231 e. The van der Waals surface area contributed by atoms with Gasteiger partial charge in [0.05, 0.1) is 6.04 Å². The van der Waals surface area contributed by atoms with Gasteiger partial charge in [-0.3, -0.25) is 9.45 Å². The van der Waals surface area contributed by atoms with Crippen LogP contribution in [0.4, 0.5) is 5.69 Å². The van der Waals surface area contributed by atoms with Crippen LogP contribution in [0.1, 0.15) is 43.7 Å². The summed E-state index contributed by atoms with van der Waals surface area (Å²) in [5.74, 6) is 2.08. The molecule has 0 aromatic heterocycles. The molecule has 2 aromatic rings. The van der Waals surface area contributed by atoms with Crippen LogP contribution in [0.2, 0.25) is 0 Å². The lowest BCUT2D eigenvalue weighted by atomic mass is 9.82. The first kappa shape index (κ1) is 24.2. The van der Waals surface area contributed by atoms with Crippen LogP contribution in [0.25, 0.3) is 0 Å². The van der Waals surface area contributed by atoms with E-state index in [-0.39, 0.29) is 0 Å². The number of anilines is 1. The van der Waals surface area contributed by atoms with Crippen molar-refractivity contribution in [3.05, 3.63) is 59.7 Å². The van der Waals surface area contributed by atoms with Crippen LogP contribution < -0.4 is 14.4 Å². The minimum Gasteiger partial charge on any atom is -0.492 e. The molecule has 2 heterocycles. The zero-order chi connectivity index (χ0) is 23.2. The Morgan fingerprint density at radius 2 is 1.91 bits per heavy atom. The zero-order valence-corrected chi connectivity index (χ0v) is 20.6. The number of hydrogen-bond donors (Lipinski definition) is 2. The third-order valence-electron chi connectivity index (χ3n) is 7.18. The Morgan fingerprint density at radius 1 is 1.15 bits per heavy atom. The number of rotatable bonds is 11. The second-order valence-electron chi connectivity index (χ2n) is 9.17. The van der Waals surface area contributed by atoms with Crippen molar-refractivity contribution < 1.29 is 13.5 Å². The van der Waals surface area contributed by atoms with Gasteiger partial charge in [0, 0.05) is 36.8 Å². The van der Waals surface area contributed by atoms with E-state index in [1.165, 1.54) is 16.8 Å². The molecule has 0 bridgehead atoms. The largest absolute Gasteiger partial charge is 0.492 e. The summed E-state index contributed by atoms with van der Waals surface area (Å²) in [6.45, 7) is 9.95. The number of hydrogen-bond acceptors (Lipinski definition) is 4. The van der Waals surface area contributed by atoms with Gasteiger partial charge < -0.3 is 9.64 Å². The third-order valence-corrected chi connectivity index (χ3v) is 7.63. The van der Waals surface area contributed by atoms with Crippen molar-refractivity contribution in [1.29, 1.82) is 0 Å². The van der Waals surface area contributed by atoms with E-state index >= 15 is 0 Å². The van der Waals surface area contributed by atoms with Gasteiger partial charge >= 0.3 is 0 Å². The number of ether oxygens (including phenoxy) is 1. The van der Waals surface area contributed by atoms with Crippen LogP contribution in [-0.4, -0.2) is 59.0 Å². The first-order valence-corrected chi connectivity index (χ1v) is 13.3. The maximum Gasteiger partial charge on any atom is 0.231 e. The molecular weight excluding hydrogens is 434 g/mol. The van der Waals surface area contributed by atoms with Gasteiger partial charge in [0.25, 0.3) is 0 Å². The Labute approximate surface area is 200 Å². The van der Waals surface area contributed by atoms with E-state index in [0.717, 1.165) is 57.8 Å². The molecule has 180 valence electrons. The summed E-state index contributed by atoms with van der Waals surface area (Å²) < 4.78 is 28.4. The summed E-state index contributed by atoms with van der Waals surface area (Å²) >= 11 is -1.90. The Balaban J connectivity index is 1.48. The highest BCUT2D eigenvalue weighted by Crippen LogP contribution is 2.41. The first-order valence-electron chi connectivity index (χ1n) is 12.2. The fourth-order valence-corrected chi connectivity index (χ4v) is 5.65. The van der Waals surface area contributed by atoms with E-state index in [2.05, 4.69) is 76.9 Å². The Kier molecular flexibility index (Phi) is 8.41. The molecule has 0 amide bonds. The summed E-state index contributed by atoms with van der Waals surface area (Å²) in [6.07, 6.45) is 3.02. The Morgan fingerprint density at radius 3 is 2.61 bits per heavy atom. The summed E-state index contributed by atoms with van der Waals surface area (Å²) in [7, 11) is 0. The molecule has 0 aliphatic carbocycles. The third kappa shape index (κ3) is 5.96. The maximum atomic E-state index is 10.7. The van der Waals surface area contributed by atoms with Crippen molar-refractivity contribution in [2.45, 2.75) is 45.1 Å². The minimum absolute atomic E-state index is 0.372. The van der Waals surface area contributed by atoms with Crippen LogP contribution in [0, 0.1) is 5.92 Å². The molecule has 2 N–H and O–H groups in total. The highest BCUT2D eigenvalue weighted by Gasteiger charge is 2.35. The number of nitrogens with one attached hydrogen (secondary N) is 1. The molecular formula is C26H37N3O3S. The topological polar surface area (TPSA) is 65.0 Å². The molecule has 1 saturated heterocycles. The summed E-state index contributed by atoms with van der Waals surface area (Å²) in [5, 5.41) is 0. The monoisotopic (exact) mass is 471 g/mol. The normalized spacial score (nSPS) is 21.4. The molecule has 0 spiro atoms.